The molecule has 4 heteroatoms. The fourth-order valence-corrected chi connectivity index (χ4v) is 1.91. The number of fused-ring (bicyclic) bond motifs is 1. The topological polar surface area (TPSA) is 45.1 Å². The summed E-state index contributed by atoms with van der Waals surface area (Å²) in [4.78, 5) is 4.33. The van der Waals surface area contributed by atoms with Crippen LogP contribution in [0.15, 0.2) is 30.5 Å². The average Bonchev–Trinajstić information content (AvgIpc) is 2.32. The summed E-state index contributed by atoms with van der Waals surface area (Å²) in [6.07, 6.45) is 2.16. The molecule has 0 spiro atoms. The zero-order valence-corrected chi connectivity index (χ0v) is 10.4. The number of anilines is 1. The summed E-state index contributed by atoms with van der Waals surface area (Å²) in [7, 11) is 0. The van der Waals surface area contributed by atoms with E-state index >= 15 is 0 Å². The van der Waals surface area contributed by atoms with Gasteiger partial charge in [0.1, 0.15) is 0 Å². The first-order valence-electron chi connectivity index (χ1n) is 5.63. The van der Waals surface area contributed by atoms with Crippen LogP contribution in [0.1, 0.15) is 13.3 Å². The standard InChI is InChI=1S/C13H15ClN2O/c1-9(17)6-8-15-12-5-4-11(14)10-3-2-7-16-13(10)12/h2-5,7,9,15,17H,6,8H2,1H3. The van der Waals surface area contributed by atoms with Gasteiger partial charge in [0.2, 0.25) is 0 Å². The molecule has 1 atom stereocenters. The third kappa shape index (κ3) is 2.87. The molecule has 0 saturated heterocycles. The first-order valence-corrected chi connectivity index (χ1v) is 6.01. The molecule has 1 aromatic carbocycles. The van der Waals surface area contributed by atoms with Crippen molar-refractivity contribution in [2.75, 3.05) is 11.9 Å². The van der Waals surface area contributed by atoms with Gasteiger partial charge < -0.3 is 10.4 Å². The number of hydrogen-bond donors (Lipinski definition) is 2. The van der Waals surface area contributed by atoms with Crippen LogP contribution in [0.4, 0.5) is 5.69 Å². The molecule has 0 radical (unpaired) electrons. The van der Waals surface area contributed by atoms with E-state index in [1.807, 2.05) is 24.3 Å². The molecule has 0 fully saturated rings. The van der Waals surface area contributed by atoms with E-state index in [-0.39, 0.29) is 6.10 Å². The number of aliphatic hydroxyl groups is 1. The Kier molecular flexibility index (Phi) is 3.82. The summed E-state index contributed by atoms with van der Waals surface area (Å²) in [5.74, 6) is 0. The van der Waals surface area contributed by atoms with E-state index in [1.54, 1.807) is 13.1 Å². The van der Waals surface area contributed by atoms with E-state index in [0.717, 1.165) is 16.6 Å². The third-order valence-electron chi connectivity index (χ3n) is 2.59. The van der Waals surface area contributed by atoms with Crippen molar-refractivity contribution in [1.82, 2.24) is 4.98 Å². The van der Waals surface area contributed by atoms with Crippen LogP contribution in [0.2, 0.25) is 5.02 Å². The number of nitrogens with one attached hydrogen (secondary N) is 1. The van der Waals surface area contributed by atoms with Crippen molar-refractivity contribution in [3.05, 3.63) is 35.5 Å². The van der Waals surface area contributed by atoms with Crippen molar-refractivity contribution in [1.29, 1.82) is 0 Å². The maximum Gasteiger partial charge on any atom is 0.0948 e. The van der Waals surface area contributed by atoms with Gasteiger partial charge in [-0.05, 0) is 37.6 Å². The number of aliphatic hydroxyl groups excluding tert-OH is 1. The zero-order chi connectivity index (χ0) is 12.3. The van der Waals surface area contributed by atoms with Gasteiger partial charge >= 0.3 is 0 Å². The van der Waals surface area contributed by atoms with Gasteiger partial charge in [-0.25, -0.2) is 0 Å². The summed E-state index contributed by atoms with van der Waals surface area (Å²) >= 11 is 6.11. The van der Waals surface area contributed by atoms with Gasteiger partial charge in [-0.15, -0.1) is 0 Å². The Morgan fingerprint density at radius 3 is 3.00 bits per heavy atom. The van der Waals surface area contributed by atoms with Crippen molar-refractivity contribution in [2.24, 2.45) is 0 Å². The summed E-state index contributed by atoms with van der Waals surface area (Å²) in [6, 6.07) is 7.59. The number of aromatic nitrogens is 1. The van der Waals surface area contributed by atoms with Crippen molar-refractivity contribution in [2.45, 2.75) is 19.4 Å². The maximum atomic E-state index is 9.21. The monoisotopic (exact) mass is 250 g/mol. The lowest BCUT2D eigenvalue weighted by molar-refractivity contribution is 0.189. The number of pyridine rings is 1. The molecule has 17 heavy (non-hydrogen) atoms. The SMILES string of the molecule is CC(O)CCNc1ccc(Cl)c2cccnc12. The molecule has 2 rings (SSSR count). The average molecular weight is 251 g/mol. The highest BCUT2D eigenvalue weighted by Crippen LogP contribution is 2.27. The second kappa shape index (κ2) is 5.34. The Morgan fingerprint density at radius 1 is 1.41 bits per heavy atom. The Hall–Kier alpha value is -1.32. The molecule has 1 aromatic heterocycles. The van der Waals surface area contributed by atoms with Gasteiger partial charge in [-0.3, -0.25) is 4.98 Å². The summed E-state index contributed by atoms with van der Waals surface area (Å²) in [5.41, 5.74) is 1.82. The van der Waals surface area contributed by atoms with Gasteiger partial charge in [-0.1, -0.05) is 11.6 Å². The fraction of sp³-hybridized carbons (Fsp3) is 0.308. The first-order chi connectivity index (χ1) is 8.18. The molecule has 1 unspecified atom stereocenters. The number of nitrogens with zero attached hydrogens (tertiary/aromatic N) is 1. The molecule has 0 aliphatic heterocycles. The summed E-state index contributed by atoms with van der Waals surface area (Å²) in [6.45, 7) is 2.49. The lowest BCUT2D eigenvalue weighted by Gasteiger charge is -2.10. The van der Waals surface area contributed by atoms with Crippen LogP contribution in [0.5, 0.6) is 0 Å². The van der Waals surface area contributed by atoms with E-state index in [1.165, 1.54) is 0 Å². The Morgan fingerprint density at radius 2 is 2.24 bits per heavy atom. The molecule has 0 bridgehead atoms. The molecule has 0 aliphatic carbocycles. The summed E-state index contributed by atoms with van der Waals surface area (Å²) < 4.78 is 0. The molecule has 0 saturated carbocycles. The van der Waals surface area contributed by atoms with Crippen LogP contribution in [-0.2, 0) is 0 Å². The van der Waals surface area contributed by atoms with E-state index in [2.05, 4.69) is 10.3 Å². The predicted molar refractivity (Wildman–Crippen MR) is 71.5 cm³/mol. The zero-order valence-electron chi connectivity index (χ0n) is 9.65. The second-order valence-corrected chi connectivity index (χ2v) is 4.47. The normalized spacial score (nSPS) is 12.6. The number of halogens is 1. The molecule has 0 amide bonds. The molecular formula is C13H15ClN2O. The summed E-state index contributed by atoms with van der Waals surface area (Å²) in [5, 5.41) is 14.1. The van der Waals surface area contributed by atoms with Crippen molar-refractivity contribution in [3.8, 4) is 0 Å². The minimum absolute atomic E-state index is 0.297. The highest BCUT2D eigenvalue weighted by atomic mass is 35.5. The molecule has 3 nitrogen and oxygen atoms in total. The van der Waals surface area contributed by atoms with Gasteiger partial charge in [-0.2, -0.15) is 0 Å². The van der Waals surface area contributed by atoms with Gasteiger partial charge in [0, 0.05) is 18.1 Å². The van der Waals surface area contributed by atoms with E-state index in [4.69, 9.17) is 11.6 Å². The molecular weight excluding hydrogens is 236 g/mol. The second-order valence-electron chi connectivity index (χ2n) is 4.06. The number of benzene rings is 1. The van der Waals surface area contributed by atoms with Gasteiger partial charge in [0.25, 0.3) is 0 Å². The Bertz CT molecular complexity index is 514. The first kappa shape index (κ1) is 12.1. The minimum atomic E-state index is -0.297. The highest BCUT2D eigenvalue weighted by Gasteiger charge is 2.05. The lowest BCUT2D eigenvalue weighted by Crippen LogP contribution is -2.10. The molecule has 0 aliphatic rings. The fourth-order valence-electron chi connectivity index (χ4n) is 1.70. The van der Waals surface area contributed by atoms with E-state index in [0.29, 0.717) is 18.0 Å². The Balaban J connectivity index is 2.26. The molecule has 2 aromatic rings. The van der Waals surface area contributed by atoms with Crippen LogP contribution in [-0.4, -0.2) is 22.7 Å². The molecule has 90 valence electrons. The predicted octanol–water partition coefficient (Wildman–Crippen LogP) is 3.07. The largest absolute Gasteiger partial charge is 0.393 e. The number of rotatable bonds is 4. The molecule has 1 heterocycles. The van der Waals surface area contributed by atoms with Gasteiger partial charge in [0.05, 0.1) is 22.3 Å². The van der Waals surface area contributed by atoms with Crippen LogP contribution in [0.3, 0.4) is 0 Å². The van der Waals surface area contributed by atoms with Crippen LogP contribution in [0.25, 0.3) is 10.9 Å². The van der Waals surface area contributed by atoms with Crippen LogP contribution < -0.4 is 5.32 Å². The number of hydrogen-bond acceptors (Lipinski definition) is 3. The van der Waals surface area contributed by atoms with Crippen molar-refractivity contribution < 1.29 is 5.11 Å². The minimum Gasteiger partial charge on any atom is -0.393 e. The van der Waals surface area contributed by atoms with E-state index < -0.39 is 0 Å². The lowest BCUT2D eigenvalue weighted by atomic mass is 10.2. The van der Waals surface area contributed by atoms with E-state index in [9.17, 15) is 5.11 Å². The third-order valence-corrected chi connectivity index (χ3v) is 2.92. The van der Waals surface area contributed by atoms with Gasteiger partial charge in [0.15, 0.2) is 0 Å². The van der Waals surface area contributed by atoms with Crippen LogP contribution in [0, 0.1) is 0 Å². The molecule has 2 N–H and O–H groups in total. The maximum absolute atomic E-state index is 9.21. The quantitative estimate of drug-likeness (QED) is 0.877. The highest BCUT2D eigenvalue weighted by molar-refractivity contribution is 6.35. The Labute approximate surface area is 105 Å². The van der Waals surface area contributed by atoms with Crippen molar-refractivity contribution in [3.63, 3.8) is 0 Å². The van der Waals surface area contributed by atoms with Crippen molar-refractivity contribution >= 4 is 28.2 Å². The smallest absolute Gasteiger partial charge is 0.0948 e. The van der Waals surface area contributed by atoms with Crippen LogP contribution >= 0.6 is 11.6 Å².